The van der Waals surface area contributed by atoms with Crippen LogP contribution in [0.1, 0.15) is 24.8 Å². The highest BCUT2D eigenvalue weighted by Crippen LogP contribution is 2.32. The number of nitrogens with one attached hydrogen (secondary N) is 1. The van der Waals surface area contributed by atoms with Gasteiger partial charge in [0.25, 0.3) is 0 Å². The number of hydrogen-bond donors (Lipinski definition) is 2. The average molecular weight is 286 g/mol. The SMILES string of the molecule is Cc1ccc(NC(=O)CC(N)C2CC2)cc1-n1cnnn1. The molecule has 1 aromatic carbocycles. The summed E-state index contributed by atoms with van der Waals surface area (Å²) in [5.41, 5.74) is 8.56. The van der Waals surface area contributed by atoms with Crippen molar-refractivity contribution in [3.63, 3.8) is 0 Å². The maximum Gasteiger partial charge on any atom is 0.225 e. The van der Waals surface area contributed by atoms with Crippen LogP contribution in [-0.4, -0.2) is 32.2 Å². The van der Waals surface area contributed by atoms with E-state index in [2.05, 4.69) is 20.8 Å². The highest BCUT2D eigenvalue weighted by molar-refractivity contribution is 5.91. The number of nitrogens with zero attached hydrogens (tertiary/aromatic N) is 4. The largest absolute Gasteiger partial charge is 0.327 e. The molecule has 7 nitrogen and oxygen atoms in total. The average Bonchev–Trinajstić information content (AvgIpc) is 3.17. The Morgan fingerprint density at radius 1 is 1.52 bits per heavy atom. The van der Waals surface area contributed by atoms with Crippen LogP contribution in [0.15, 0.2) is 24.5 Å². The Hall–Kier alpha value is -2.28. The molecule has 110 valence electrons. The number of aromatic nitrogens is 4. The van der Waals surface area contributed by atoms with Gasteiger partial charge in [0.1, 0.15) is 6.33 Å². The molecule has 1 fully saturated rings. The van der Waals surface area contributed by atoms with Crippen LogP contribution in [-0.2, 0) is 4.79 Å². The number of carbonyl (C=O) groups excluding carboxylic acids is 1. The number of amides is 1. The van der Waals surface area contributed by atoms with Crippen LogP contribution in [0, 0.1) is 12.8 Å². The lowest BCUT2D eigenvalue weighted by Crippen LogP contribution is -2.28. The van der Waals surface area contributed by atoms with Gasteiger partial charge in [-0.3, -0.25) is 4.79 Å². The number of benzene rings is 1. The third-order valence-electron chi connectivity index (χ3n) is 3.74. The van der Waals surface area contributed by atoms with Gasteiger partial charge in [-0.25, -0.2) is 4.68 Å². The number of aryl methyl sites for hydroxylation is 1. The summed E-state index contributed by atoms with van der Waals surface area (Å²) in [5.74, 6) is 0.464. The lowest BCUT2D eigenvalue weighted by atomic mass is 10.1. The van der Waals surface area contributed by atoms with Crippen LogP contribution < -0.4 is 11.1 Å². The molecule has 0 saturated heterocycles. The highest BCUT2D eigenvalue weighted by atomic mass is 16.1. The van der Waals surface area contributed by atoms with Crippen molar-refractivity contribution in [2.45, 2.75) is 32.2 Å². The molecule has 0 aliphatic heterocycles. The van der Waals surface area contributed by atoms with Crippen LogP contribution >= 0.6 is 0 Å². The van der Waals surface area contributed by atoms with Crippen molar-refractivity contribution < 1.29 is 4.79 Å². The summed E-state index contributed by atoms with van der Waals surface area (Å²) in [6.45, 7) is 1.96. The molecule has 3 N–H and O–H groups in total. The van der Waals surface area contributed by atoms with Crippen molar-refractivity contribution in [2.24, 2.45) is 11.7 Å². The van der Waals surface area contributed by atoms with Gasteiger partial charge in [-0.15, -0.1) is 5.10 Å². The Kier molecular flexibility index (Phi) is 3.66. The quantitative estimate of drug-likeness (QED) is 0.855. The van der Waals surface area contributed by atoms with E-state index in [9.17, 15) is 4.79 Å². The highest BCUT2D eigenvalue weighted by Gasteiger charge is 2.29. The van der Waals surface area contributed by atoms with Crippen molar-refractivity contribution >= 4 is 11.6 Å². The second-order valence-electron chi connectivity index (χ2n) is 5.51. The van der Waals surface area contributed by atoms with Gasteiger partial charge < -0.3 is 11.1 Å². The van der Waals surface area contributed by atoms with Gasteiger partial charge in [0.05, 0.1) is 5.69 Å². The van der Waals surface area contributed by atoms with Crippen LogP contribution in [0.4, 0.5) is 5.69 Å². The van der Waals surface area contributed by atoms with Crippen LogP contribution in [0.5, 0.6) is 0 Å². The number of anilines is 1. The smallest absolute Gasteiger partial charge is 0.225 e. The third-order valence-corrected chi connectivity index (χ3v) is 3.74. The first-order valence-electron chi connectivity index (χ1n) is 7.03. The van der Waals surface area contributed by atoms with Crippen LogP contribution in [0.25, 0.3) is 5.69 Å². The van der Waals surface area contributed by atoms with Gasteiger partial charge in [-0.2, -0.15) is 0 Å². The monoisotopic (exact) mass is 286 g/mol. The van der Waals surface area contributed by atoms with E-state index in [1.54, 1.807) is 4.68 Å². The maximum absolute atomic E-state index is 12.0. The summed E-state index contributed by atoms with van der Waals surface area (Å²) in [7, 11) is 0. The number of carbonyl (C=O) groups is 1. The number of rotatable bonds is 5. The first-order chi connectivity index (χ1) is 10.1. The number of hydrogen-bond acceptors (Lipinski definition) is 5. The summed E-state index contributed by atoms with van der Waals surface area (Å²) in [5, 5.41) is 14.0. The molecule has 1 amide bonds. The van der Waals surface area contributed by atoms with Gasteiger partial charge in [0.2, 0.25) is 5.91 Å². The summed E-state index contributed by atoms with van der Waals surface area (Å²) < 4.78 is 1.57. The van der Waals surface area contributed by atoms with Crippen LogP contribution in [0.2, 0.25) is 0 Å². The van der Waals surface area contributed by atoms with E-state index in [-0.39, 0.29) is 11.9 Å². The van der Waals surface area contributed by atoms with E-state index < -0.39 is 0 Å². The fourth-order valence-corrected chi connectivity index (χ4v) is 2.32. The molecule has 21 heavy (non-hydrogen) atoms. The van der Waals surface area contributed by atoms with Crippen molar-refractivity contribution in [3.8, 4) is 5.69 Å². The summed E-state index contributed by atoms with van der Waals surface area (Å²) >= 11 is 0. The van der Waals surface area contributed by atoms with Crippen molar-refractivity contribution in [3.05, 3.63) is 30.1 Å². The van der Waals surface area contributed by atoms with Gasteiger partial charge in [-0.05, 0) is 53.8 Å². The Bertz CT molecular complexity index is 635. The van der Waals surface area contributed by atoms with Crippen molar-refractivity contribution in [1.29, 1.82) is 0 Å². The molecule has 1 aliphatic rings. The van der Waals surface area contributed by atoms with E-state index in [0.29, 0.717) is 12.3 Å². The first-order valence-corrected chi connectivity index (χ1v) is 7.03. The zero-order valence-corrected chi connectivity index (χ0v) is 11.9. The minimum atomic E-state index is -0.0547. The molecule has 1 aromatic heterocycles. The fourth-order valence-electron chi connectivity index (χ4n) is 2.32. The summed E-state index contributed by atoms with van der Waals surface area (Å²) in [4.78, 5) is 12.0. The number of nitrogens with two attached hydrogens (primary N) is 1. The van der Waals surface area contributed by atoms with E-state index in [1.165, 1.54) is 6.33 Å². The minimum absolute atomic E-state index is 0.0329. The molecule has 0 radical (unpaired) electrons. The summed E-state index contributed by atoms with van der Waals surface area (Å²) in [6, 6.07) is 5.61. The Labute approximate surface area is 122 Å². The lowest BCUT2D eigenvalue weighted by Gasteiger charge is -2.12. The fraction of sp³-hybridized carbons (Fsp3) is 0.429. The molecule has 0 bridgehead atoms. The van der Waals surface area contributed by atoms with E-state index in [1.807, 2.05) is 25.1 Å². The van der Waals surface area contributed by atoms with E-state index >= 15 is 0 Å². The summed E-state index contributed by atoms with van der Waals surface area (Å²) in [6.07, 6.45) is 4.17. The molecular weight excluding hydrogens is 268 g/mol. The van der Waals surface area contributed by atoms with Gasteiger partial charge >= 0.3 is 0 Å². The maximum atomic E-state index is 12.0. The molecule has 7 heteroatoms. The second-order valence-corrected chi connectivity index (χ2v) is 5.51. The van der Waals surface area contributed by atoms with E-state index in [4.69, 9.17) is 5.73 Å². The zero-order chi connectivity index (χ0) is 14.8. The molecule has 0 spiro atoms. The minimum Gasteiger partial charge on any atom is -0.327 e. The normalized spacial score (nSPS) is 15.7. The van der Waals surface area contributed by atoms with Gasteiger partial charge in [0, 0.05) is 18.2 Å². The Morgan fingerprint density at radius 3 is 3.00 bits per heavy atom. The first kappa shape index (κ1) is 13.7. The van der Waals surface area contributed by atoms with Crippen molar-refractivity contribution in [1.82, 2.24) is 20.2 Å². The molecule has 1 heterocycles. The predicted molar refractivity (Wildman–Crippen MR) is 77.8 cm³/mol. The molecule has 1 unspecified atom stereocenters. The molecule has 2 aromatic rings. The lowest BCUT2D eigenvalue weighted by molar-refractivity contribution is -0.116. The topological polar surface area (TPSA) is 98.7 Å². The molecular formula is C14H18N6O. The predicted octanol–water partition coefficient (Wildman–Crippen LogP) is 1.04. The zero-order valence-electron chi connectivity index (χ0n) is 11.9. The number of tetrazole rings is 1. The standard InChI is InChI=1S/C14H18N6O/c1-9-2-5-11(6-13(9)20-8-16-18-19-20)17-14(21)7-12(15)10-3-4-10/h2,5-6,8,10,12H,3-4,7,15H2,1H3,(H,17,21). The van der Waals surface area contributed by atoms with Gasteiger partial charge in [0.15, 0.2) is 0 Å². The van der Waals surface area contributed by atoms with Crippen LogP contribution in [0.3, 0.4) is 0 Å². The second kappa shape index (κ2) is 5.61. The molecule has 1 atom stereocenters. The Morgan fingerprint density at radius 2 is 2.33 bits per heavy atom. The van der Waals surface area contributed by atoms with E-state index in [0.717, 1.165) is 29.8 Å². The third kappa shape index (κ3) is 3.25. The molecule has 1 aliphatic carbocycles. The van der Waals surface area contributed by atoms with Crippen molar-refractivity contribution in [2.75, 3.05) is 5.32 Å². The van der Waals surface area contributed by atoms with Gasteiger partial charge in [-0.1, -0.05) is 6.07 Å². The molecule has 3 rings (SSSR count). The molecule has 1 saturated carbocycles. The Balaban J connectivity index is 1.70.